The molecule has 0 aromatic carbocycles. The number of hydrogen-bond donors (Lipinski definition) is 1. The molecule has 1 saturated carbocycles. The molecule has 0 spiro atoms. The van der Waals surface area contributed by atoms with Gasteiger partial charge in [0.05, 0.1) is 13.2 Å². The molecule has 1 saturated heterocycles. The molecule has 4 nitrogen and oxygen atoms in total. The third-order valence-electron chi connectivity index (χ3n) is 2.85. The summed E-state index contributed by atoms with van der Waals surface area (Å²) in [6.45, 7) is 2.88. The van der Waals surface area contributed by atoms with Gasteiger partial charge in [0, 0.05) is 25.0 Å². The van der Waals surface area contributed by atoms with Gasteiger partial charge in [-0.25, -0.2) is 0 Å². The monoisotopic (exact) mass is 220 g/mol. The predicted molar refractivity (Wildman–Crippen MR) is 55.3 cm³/mol. The van der Waals surface area contributed by atoms with Crippen molar-refractivity contribution in [2.45, 2.75) is 18.9 Å². The van der Waals surface area contributed by atoms with Crippen LogP contribution in [0.1, 0.15) is 12.8 Å². The smallest absolute Gasteiger partial charge is 0.225 e. The number of nitrogens with zero attached hydrogens (tertiary/aromatic N) is 1. The van der Waals surface area contributed by atoms with Crippen LogP contribution in [0.2, 0.25) is 0 Å². The second-order valence-electron chi connectivity index (χ2n) is 3.87. The van der Waals surface area contributed by atoms with E-state index >= 15 is 0 Å². The second-order valence-corrected chi connectivity index (χ2v) is 3.87. The summed E-state index contributed by atoms with van der Waals surface area (Å²) in [7, 11) is 0. The molecule has 2 fully saturated rings. The fourth-order valence-corrected chi connectivity index (χ4v) is 1.91. The van der Waals surface area contributed by atoms with Crippen molar-refractivity contribution in [2.75, 3.05) is 26.3 Å². The third-order valence-corrected chi connectivity index (χ3v) is 2.85. The number of carbonyl (C=O) groups excluding carboxylic acids is 1. The fraction of sp³-hybridized carbons (Fsp3) is 0.889. The van der Waals surface area contributed by atoms with Crippen molar-refractivity contribution in [3.05, 3.63) is 0 Å². The van der Waals surface area contributed by atoms with Gasteiger partial charge in [0.1, 0.15) is 0 Å². The molecule has 0 unspecified atom stereocenters. The minimum absolute atomic E-state index is 0. The fourth-order valence-electron chi connectivity index (χ4n) is 1.91. The highest BCUT2D eigenvalue weighted by molar-refractivity contribution is 5.85. The van der Waals surface area contributed by atoms with Crippen molar-refractivity contribution < 1.29 is 9.53 Å². The van der Waals surface area contributed by atoms with E-state index in [0.29, 0.717) is 13.2 Å². The molecule has 82 valence electrons. The number of carbonyl (C=O) groups is 1. The zero-order chi connectivity index (χ0) is 9.26. The van der Waals surface area contributed by atoms with Crippen LogP contribution in [0, 0.1) is 5.92 Å². The number of ether oxygens (including phenoxy) is 1. The number of nitrogens with two attached hydrogens (primary N) is 1. The summed E-state index contributed by atoms with van der Waals surface area (Å²) in [5.74, 6) is 0.484. The number of amides is 1. The number of halogens is 1. The van der Waals surface area contributed by atoms with E-state index in [0.717, 1.165) is 25.9 Å². The molecule has 2 aliphatic rings. The van der Waals surface area contributed by atoms with Crippen molar-refractivity contribution in [3.8, 4) is 0 Å². The lowest BCUT2D eigenvalue weighted by molar-refractivity contribution is -0.142. The Morgan fingerprint density at radius 2 is 1.86 bits per heavy atom. The summed E-state index contributed by atoms with van der Waals surface area (Å²) in [6.07, 6.45) is 1.74. The largest absolute Gasteiger partial charge is 0.378 e. The zero-order valence-corrected chi connectivity index (χ0v) is 8.96. The van der Waals surface area contributed by atoms with E-state index in [2.05, 4.69) is 0 Å². The Morgan fingerprint density at radius 3 is 2.36 bits per heavy atom. The lowest BCUT2D eigenvalue weighted by Gasteiger charge is -2.37. The van der Waals surface area contributed by atoms with E-state index in [9.17, 15) is 4.79 Å². The maximum absolute atomic E-state index is 11.7. The molecule has 1 aliphatic heterocycles. The topological polar surface area (TPSA) is 55.6 Å². The van der Waals surface area contributed by atoms with Gasteiger partial charge in [-0.3, -0.25) is 4.79 Å². The van der Waals surface area contributed by atoms with E-state index < -0.39 is 0 Å². The molecular formula is C9H17ClN2O2. The Labute approximate surface area is 90.2 Å². The van der Waals surface area contributed by atoms with Crippen LogP contribution < -0.4 is 5.73 Å². The molecule has 0 aromatic heterocycles. The Hall–Kier alpha value is -0.320. The molecule has 2 N–H and O–H groups in total. The van der Waals surface area contributed by atoms with Gasteiger partial charge in [-0.2, -0.15) is 0 Å². The summed E-state index contributed by atoms with van der Waals surface area (Å²) in [5.41, 5.74) is 5.64. The van der Waals surface area contributed by atoms with Crippen molar-refractivity contribution in [1.82, 2.24) is 4.90 Å². The van der Waals surface area contributed by atoms with Crippen LogP contribution in [-0.4, -0.2) is 43.2 Å². The predicted octanol–water partition coefficient (Wildman–Crippen LogP) is 0.00430. The number of morpholine rings is 1. The van der Waals surface area contributed by atoms with Gasteiger partial charge in [-0.05, 0) is 12.8 Å². The molecular weight excluding hydrogens is 204 g/mol. The van der Waals surface area contributed by atoms with Gasteiger partial charge in [-0.1, -0.05) is 0 Å². The first-order valence-corrected chi connectivity index (χ1v) is 4.89. The van der Waals surface area contributed by atoms with Crippen molar-refractivity contribution in [2.24, 2.45) is 11.7 Å². The summed E-state index contributed by atoms with van der Waals surface area (Å²) in [5, 5.41) is 0. The van der Waals surface area contributed by atoms with Crippen LogP contribution >= 0.6 is 12.4 Å². The summed E-state index contributed by atoms with van der Waals surface area (Å²) in [4.78, 5) is 13.6. The highest BCUT2D eigenvalue weighted by Gasteiger charge is 2.35. The highest BCUT2D eigenvalue weighted by Crippen LogP contribution is 2.27. The summed E-state index contributed by atoms with van der Waals surface area (Å²) >= 11 is 0. The van der Waals surface area contributed by atoms with Crippen LogP contribution in [-0.2, 0) is 9.53 Å². The van der Waals surface area contributed by atoms with Crippen LogP contribution in [0.25, 0.3) is 0 Å². The lowest BCUT2D eigenvalue weighted by Crippen LogP contribution is -2.49. The van der Waals surface area contributed by atoms with E-state index in [1.54, 1.807) is 0 Å². The Balaban J connectivity index is 0.000000980. The molecule has 0 atom stereocenters. The van der Waals surface area contributed by atoms with Crippen molar-refractivity contribution in [1.29, 1.82) is 0 Å². The summed E-state index contributed by atoms with van der Waals surface area (Å²) < 4.78 is 5.18. The SMILES string of the molecule is Cl.NC1CC(C(=O)N2CCOCC2)C1. The normalized spacial score (nSPS) is 31.6. The molecule has 0 bridgehead atoms. The maximum atomic E-state index is 11.7. The molecule has 1 heterocycles. The first kappa shape index (κ1) is 11.8. The van der Waals surface area contributed by atoms with Gasteiger partial charge in [0.15, 0.2) is 0 Å². The highest BCUT2D eigenvalue weighted by atomic mass is 35.5. The Kier molecular flexibility index (Phi) is 4.16. The molecule has 14 heavy (non-hydrogen) atoms. The summed E-state index contributed by atoms with van der Waals surface area (Å²) in [6, 6.07) is 0.259. The van der Waals surface area contributed by atoms with Gasteiger partial charge >= 0.3 is 0 Å². The average Bonchev–Trinajstić information content (AvgIpc) is 2.13. The zero-order valence-electron chi connectivity index (χ0n) is 8.15. The van der Waals surface area contributed by atoms with E-state index in [4.69, 9.17) is 10.5 Å². The molecule has 0 aromatic rings. The van der Waals surface area contributed by atoms with E-state index in [1.807, 2.05) is 4.90 Å². The molecule has 1 aliphatic carbocycles. The first-order chi connectivity index (χ1) is 6.27. The number of hydrogen-bond acceptors (Lipinski definition) is 3. The quantitative estimate of drug-likeness (QED) is 0.677. The Morgan fingerprint density at radius 1 is 1.29 bits per heavy atom. The van der Waals surface area contributed by atoms with Crippen LogP contribution in [0.5, 0.6) is 0 Å². The van der Waals surface area contributed by atoms with Crippen LogP contribution in [0.15, 0.2) is 0 Å². The van der Waals surface area contributed by atoms with Gasteiger partial charge < -0.3 is 15.4 Å². The second kappa shape index (κ2) is 4.96. The van der Waals surface area contributed by atoms with Crippen LogP contribution in [0.4, 0.5) is 0 Å². The third kappa shape index (κ3) is 2.38. The Bertz CT molecular complexity index is 201. The number of rotatable bonds is 1. The first-order valence-electron chi connectivity index (χ1n) is 4.89. The molecule has 5 heteroatoms. The molecule has 0 radical (unpaired) electrons. The van der Waals surface area contributed by atoms with E-state index in [-0.39, 0.29) is 30.3 Å². The maximum Gasteiger partial charge on any atom is 0.225 e. The minimum Gasteiger partial charge on any atom is -0.378 e. The van der Waals surface area contributed by atoms with Crippen molar-refractivity contribution >= 4 is 18.3 Å². The minimum atomic E-state index is 0. The van der Waals surface area contributed by atoms with Crippen molar-refractivity contribution in [3.63, 3.8) is 0 Å². The lowest BCUT2D eigenvalue weighted by atomic mass is 9.80. The van der Waals surface area contributed by atoms with Gasteiger partial charge in [-0.15, -0.1) is 12.4 Å². The molecule has 2 rings (SSSR count). The standard InChI is InChI=1S/C9H16N2O2.ClH/c10-8-5-7(6-8)9(12)11-1-3-13-4-2-11;/h7-8H,1-6,10H2;1H. The molecule has 1 amide bonds. The van der Waals surface area contributed by atoms with Gasteiger partial charge in [0.2, 0.25) is 5.91 Å². The van der Waals surface area contributed by atoms with Crippen LogP contribution in [0.3, 0.4) is 0 Å². The van der Waals surface area contributed by atoms with E-state index in [1.165, 1.54) is 0 Å². The average molecular weight is 221 g/mol. The van der Waals surface area contributed by atoms with Gasteiger partial charge in [0.25, 0.3) is 0 Å².